The molecule has 0 saturated heterocycles. The summed E-state index contributed by atoms with van der Waals surface area (Å²) >= 11 is 7.20. The van der Waals surface area contributed by atoms with Crippen molar-refractivity contribution in [1.29, 1.82) is 0 Å². The number of halogens is 2. The Morgan fingerprint density at radius 2 is 1.71 bits per heavy atom. The Labute approximate surface area is 145 Å². The van der Waals surface area contributed by atoms with E-state index in [-0.39, 0.29) is 6.04 Å². The van der Waals surface area contributed by atoms with E-state index in [2.05, 4.69) is 69.7 Å². The highest BCUT2D eigenvalue weighted by molar-refractivity contribution is 9.11. The predicted octanol–water partition coefficient (Wildman–Crippen LogP) is 4.21. The van der Waals surface area contributed by atoms with E-state index >= 15 is 0 Å². The monoisotopic (exact) mass is 420 g/mol. The number of nitrogens with two attached hydrogens (primary N) is 1. The van der Waals surface area contributed by atoms with Crippen LogP contribution >= 0.6 is 31.9 Å². The van der Waals surface area contributed by atoms with Gasteiger partial charge in [-0.1, -0.05) is 20.8 Å². The Morgan fingerprint density at radius 1 is 1.14 bits per heavy atom. The highest BCUT2D eigenvalue weighted by Gasteiger charge is 2.11. The molecule has 1 atom stereocenters. The molecule has 2 N–H and O–H groups in total. The lowest BCUT2D eigenvalue weighted by Gasteiger charge is -2.19. The van der Waals surface area contributed by atoms with Crippen LogP contribution in [0.3, 0.4) is 0 Å². The number of benzene rings is 1. The van der Waals surface area contributed by atoms with Gasteiger partial charge in [-0.05, 0) is 75.5 Å². The van der Waals surface area contributed by atoms with E-state index in [1.54, 1.807) is 0 Å². The molecule has 0 amide bonds. The molecule has 0 aliphatic rings. The van der Waals surface area contributed by atoms with Crippen LogP contribution in [0.25, 0.3) is 0 Å². The molecule has 0 fully saturated rings. The molecular formula is C16H26Br2N2O. The van der Waals surface area contributed by atoms with Gasteiger partial charge in [0.25, 0.3) is 0 Å². The van der Waals surface area contributed by atoms with Crippen LogP contribution < -0.4 is 10.5 Å². The van der Waals surface area contributed by atoms with Gasteiger partial charge >= 0.3 is 0 Å². The highest BCUT2D eigenvalue weighted by Crippen LogP contribution is 2.35. The zero-order chi connectivity index (χ0) is 15.8. The van der Waals surface area contributed by atoms with Crippen molar-refractivity contribution < 1.29 is 4.74 Å². The maximum Gasteiger partial charge on any atom is 0.147 e. The fourth-order valence-corrected chi connectivity index (χ4v) is 3.64. The minimum absolute atomic E-state index is 0.207. The number of nitrogens with zero attached hydrogens (tertiary/aromatic N) is 1. The van der Waals surface area contributed by atoms with Crippen LogP contribution in [0.4, 0.5) is 0 Å². The molecule has 0 heterocycles. The molecule has 0 saturated carbocycles. The fourth-order valence-electron chi connectivity index (χ4n) is 2.13. The topological polar surface area (TPSA) is 38.5 Å². The molecule has 1 unspecified atom stereocenters. The standard InChI is InChI=1S/C16H26Br2N2O/c1-4-13(19)9-12-10-14(17)16(15(18)11-12)21-8-7-20(5-2)6-3/h10-11,13H,4-9,19H2,1-3H3. The Balaban J connectivity index is 2.67. The van der Waals surface area contributed by atoms with Crippen LogP contribution in [0.15, 0.2) is 21.1 Å². The average molecular weight is 422 g/mol. The smallest absolute Gasteiger partial charge is 0.147 e. The molecule has 120 valence electrons. The van der Waals surface area contributed by atoms with Crippen LogP contribution in [0, 0.1) is 0 Å². The minimum atomic E-state index is 0.207. The molecule has 5 heteroatoms. The lowest BCUT2D eigenvalue weighted by Crippen LogP contribution is -2.28. The summed E-state index contributed by atoms with van der Waals surface area (Å²) in [7, 11) is 0. The Bertz CT molecular complexity index is 413. The predicted molar refractivity (Wildman–Crippen MR) is 97.1 cm³/mol. The van der Waals surface area contributed by atoms with Crippen molar-refractivity contribution in [3.05, 3.63) is 26.6 Å². The molecule has 0 spiro atoms. The lowest BCUT2D eigenvalue weighted by atomic mass is 10.0. The van der Waals surface area contributed by atoms with Gasteiger partial charge in [0.2, 0.25) is 0 Å². The summed E-state index contributed by atoms with van der Waals surface area (Å²) in [6, 6.07) is 4.42. The summed E-state index contributed by atoms with van der Waals surface area (Å²) in [6.07, 6.45) is 1.87. The molecule has 3 nitrogen and oxygen atoms in total. The maximum atomic E-state index is 6.02. The van der Waals surface area contributed by atoms with Gasteiger partial charge in [-0.15, -0.1) is 0 Å². The van der Waals surface area contributed by atoms with Crippen LogP contribution in [-0.4, -0.2) is 37.2 Å². The van der Waals surface area contributed by atoms with Crippen molar-refractivity contribution in [3.8, 4) is 5.75 Å². The van der Waals surface area contributed by atoms with Crippen LogP contribution in [0.5, 0.6) is 5.75 Å². The summed E-state index contributed by atoms with van der Waals surface area (Å²) in [6.45, 7) is 10.2. The van der Waals surface area contributed by atoms with E-state index in [1.807, 2.05) is 0 Å². The zero-order valence-corrected chi connectivity index (χ0v) is 16.3. The number of hydrogen-bond donors (Lipinski definition) is 1. The number of hydrogen-bond acceptors (Lipinski definition) is 3. The summed E-state index contributed by atoms with van der Waals surface area (Å²) in [5.74, 6) is 0.871. The molecule has 21 heavy (non-hydrogen) atoms. The fraction of sp³-hybridized carbons (Fsp3) is 0.625. The third kappa shape index (κ3) is 6.27. The second kappa shape index (κ2) is 9.82. The molecule has 1 aromatic rings. The summed E-state index contributed by atoms with van der Waals surface area (Å²) in [4.78, 5) is 2.34. The molecule has 0 aliphatic carbocycles. The Morgan fingerprint density at radius 3 is 2.19 bits per heavy atom. The SMILES string of the molecule is CCC(N)Cc1cc(Br)c(OCCN(CC)CC)c(Br)c1. The second-order valence-electron chi connectivity index (χ2n) is 5.14. The van der Waals surface area contributed by atoms with Crippen molar-refractivity contribution >= 4 is 31.9 Å². The van der Waals surface area contributed by atoms with Crippen molar-refractivity contribution in [1.82, 2.24) is 4.90 Å². The van der Waals surface area contributed by atoms with Crippen molar-refractivity contribution in [2.45, 2.75) is 39.7 Å². The summed E-state index contributed by atoms with van der Waals surface area (Å²) < 4.78 is 7.88. The molecule has 0 aliphatic heterocycles. The summed E-state index contributed by atoms with van der Waals surface area (Å²) in [5.41, 5.74) is 7.24. The van der Waals surface area contributed by atoms with E-state index in [0.29, 0.717) is 6.61 Å². The van der Waals surface area contributed by atoms with Crippen LogP contribution in [0.2, 0.25) is 0 Å². The quantitative estimate of drug-likeness (QED) is 0.648. The van der Waals surface area contributed by atoms with E-state index in [1.165, 1.54) is 5.56 Å². The number of rotatable bonds is 9. The van der Waals surface area contributed by atoms with Gasteiger partial charge in [-0.2, -0.15) is 0 Å². The van der Waals surface area contributed by atoms with Gasteiger partial charge in [0.1, 0.15) is 12.4 Å². The van der Waals surface area contributed by atoms with E-state index in [0.717, 1.165) is 47.2 Å². The van der Waals surface area contributed by atoms with Gasteiger partial charge in [-0.3, -0.25) is 0 Å². The number of ether oxygens (including phenoxy) is 1. The third-order valence-electron chi connectivity index (χ3n) is 3.63. The maximum absolute atomic E-state index is 6.02. The average Bonchev–Trinajstić information content (AvgIpc) is 2.45. The first-order chi connectivity index (χ1) is 10.0. The van der Waals surface area contributed by atoms with E-state index in [4.69, 9.17) is 10.5 Å². The van der Waals surface area contributed by atoms with Gasteiger partial charge in [0.05, 0.1) is 8.95 Å². The van der Waals surface area contributed by atoms with Crippen LogP contribution in [0.1, 0.15) is 32.8 Å². The third-order valence-corrected chi connectivity index (χ3v) is 4.81. The van der Waals surface area contributed by atoms with Gasteiger partial charge in [-0.25, -0.2) is 0 Å². The molecule has 0 bridgehead atoms. The number of likely N-dealkylation sites (N-methyl/N-ethyl adjacent to an activating group) is 1. The van der Waals surface area contributed by atoms with E-state index in [9.17, 15) is 0 Å². The first kappa shape index (κ1) is 18.9. The van der Waals surface area contributed by atoms with Crippen molar-refractivity contribution in [2.75, 3.05) is 26.2 Å². The molecule has 0 aromatic heterocycles. The van der Waals surface area contributed by atoms with Gasteiger partial charge < -0.3 is 15.4 Å². The van der Waals surface area contributed by atoms with Crippen molar-refractivity contribution in [2.24, 2.45) is 5.73 Å². The van der Waals surface area contributed by atoms with Gasteiger partial charge in [0, 0.05) is 12.6 Å². The van der Waals surface area contributed by atoms with Crippen LogP contribution in [-0.2, 0) is 6.42 Å². The lowest BCUT2D eigenvalue weighted by molar-refractivity contribution is 0.221. The highest BCUT2D eigenvalue weighted by atomic mass is 79.9. The first-order valence-electron chi connectivity index (χ1n) is 7.60. The normalized spacial score (nSPS) is 12.7. The second-order valence-corrected chi connectivity index (χ2v) is 6.85. The zero-order valence-electron chi connectivity index (χ0n) is 13.2. The molecule has 0 radical (unpaired) electrons. The van der Waals surface area contributed by atoms with E-state index < -0.39 is 0 Å². The van der Waals surface area contributed by atoms with Gasteiger partial charge in [0.15, 0.2) is 0 Å². The summed E-state index contributed by atoms with van der Waals surface area (Å²) in [5, 5.41) is 0. The minimum Gasteiger partial charge on any atom is -0.490 e. The first-order valence-corrected chi connectivity index (χ1v) is 9.18. The largest absolute Gasteiger partial charge is 0.490 e. The van der Waals surface area contributed by atoms with Crippen molar-refractivity contribution in [3.63, 3.8) is 0 Å². The molecule has 1 aromatic carbocycles. The Hall–Kier alpha value is -0.100. The Kier molecular flexibility index (Phi) is 8.86. The molecular weight excluding hydrogens is 396 g/mol. The molecule has 1 rings (SSSR count).